The second-order valence-electron chi connectivity index (χ2n) is 2.42. The SMILES string of the molecule is O=S([O-])Cc1ccc(CS)cc1. The quantitative estimate of drug-likeness (QED) is 0.594. The van der Waals surface area contributed by atoms with Crippen molar-refractivity contribution in [2.45, 2.75) is 11.5 Å². The van der Waals surface area contributed by atoms with E-state index in [-0.39, 0.29) is 5.75 Å². The molecule has 12 heavy (non-hydrogen) atoms. The van der Waals surface area contributed by atoms with E-state index in [2.05, 4.69) is 12.6 Å². The Morgan fingerprint density at radius 2 is 1.75 bits per heavy atom. The van der Waals surface area contributed by atoms with Crippen LogP contribution >= 0.6 is 12.6 Å². The molecule has 0 saturated heterocycles. The van der Waals surface area contributed by atoms with Crippen LogP contribution in [0, 0.1) is 0 Å². The standard InChI is InChI=1S/C8H10O2S2/c9-12(10)6-8-3-1-7(5-11)2-4-8/h1-4,11H,5-6H2,(H,9,10)/p-1. The predicted molar refractivity (Wildman–Crippen MR) is 51.8 cm³/mol. The molecule has 0 saturated carbocycles. The van der Waals surface area contributed by atoms with Crippen molar-refractivity contribution < 1.29 is 8.76 Å². The van der Waals surface area contributed by atoms with Gasteiger partial charge in [0.15, 0.2) is 0 Å². The van der Waals surface area contributed by atoms with Crippen molar-refractivity contribution in [1.82, 2.24) is 0 Å². The minimum atomic E-state index is -1.99. The molecule has 66 valence electrons. The third-order valence-corrected chi connectivity index (χ3v) is 2.42. The lowest BCUT2D eigenvalue weighted by Crippen LogP contribution is -1.92. The average Bonchev–Trinajstić information content (AvgIpc) is 2.05. The second-order valence-corrected chi connectivity index (χ2v) is 3.64. The molecule has 1 unspecified atom stereocenters. The minimum absolute atomic E-state index is 0.0901. The fraction of sp³-hybridized carbons (Fsp3) is 0.250. The van der Waals surface area contributed by atoms with Crippen molar-refractivity contribution in [3.8, 4) is 0 Å². The van der Waals surface area contributed by atoms with Crippen LogP contribution in [0.5, 0.6) is 0 Å². The van der Waals surface area contributed by atoms with Crippen LogP contribution in [0.15, 0.2) is 24.3 Å². The Kier molecular flexibility index (Phi) is 3.78. The Hall–Kier alpha value is -0.320. The molecule has 1 aromatic rings. The van der Waals surface area contributed by atoms with E-state index in [0.29, 0.717) is 5.75 Å². The Labute approximate surface area is 79.7 Å². The first-order valence-electron chi connectivity index (χ1n) is 3.47. The first-order chi connectivity index (χ1) is 5.72. The van der Waals surface area contributed by atoms with E-state index in [0.717, 1.165) is 11.1 Å². The largest absolute Gasteiger partial charge is 0.772 e. The molecule has 1 rings (SSSR count). The summed E-state index contributed by atoms with van der Waals surface area (Å²) in [4.78, 5) is 0. The normalized spacial score (nSPS) is 12.8. The molecule has 1 atom stereocenters. The molecule has 0 aliphatic carbocycles. The first-order valence-corrected chi connectivity index (χ1v) is 5.34. The smallest absolute Gasteiger partial charge is 0.0353 e. The molecular weight excluding hydrogens is 192 g/mol. The van der Waals surface area contributed by atoms with Crippen LogP contribution in [0.1, 0.15) is 11.1 Å². The van der Waals surface area contributed by atoms with E-state index in [1.807, 2.05) is 12.1 Å². The van der Waals surface area contributed by atoms with Gasteiger partial charge in [-0.1, -0.05) is 35.3 Å². The monoisotopic (exact) mass is 201 g/mol. The summed E-state index contributed by atoms with van der Waals surface area (Å²) in [5, 5.41) is 0. The molecule has 0 heterocycles. The summed E-state index contributed by atoms with van der Waals surface area (Å²) < 4.78 is 20.6. The zero-order chi connectivity index (χ0) is 8.97. The van der Waals surface area contributed by atoms with Crippen LogP contribution in [0.2, 0.25) is 0 Å². The number of rotatable bonds is 3. The number of thiol groups is 1. The molecule has 0 fully saturated rings. The molecule has 0 aliphatic heterocycles. The van der Waals surface area contributed by atoms with Crippen LogP contribution in [0.25, 0.3) is 0 Å². The van der Waals surface area contributed by atoms with Crippen molar-refractivity contribution in [3.05, 3.63) is 35.4 Å². The van der Waals surface area contributed by atoms with Crippen molar-refractivity contribution in [2.24, 2.45) is 0 Å². The predicted octanol–water partition coefficient (Wildman–Crippen LogP) is 1.50. The first kappa shape index (κ1) is 9.77. The molecule has 0 aromatic heterocycles. The van der Waals surface area contributed by atoms with Gasteiger partial charge in [0, 0.05) is 11.5 Å². The maximum absolute atomic E-state index is 10.3. The average molecular weight is 201 g/mol. The summed E-state index contributed by atoms with van der Waals surface area (Å²) >= 11 is 2.10. The van der Waals surface area contributed by atoms with Gasteiger partial charge in [0.1, 0.15) is 0 Å². The molecule has 0 amide bonds. The second kappa shape index (κ2) is 4.64. The Morgan fingerprint density at radius 1 is 1.25 bits per heavy atom. The summed E-state index contributed by atoms with van der Waals surface area (Å²) in [6, 6.07) is 7.38. The van der Waals surface area contributed by atoms with Crippen molar-refractivity contribution in [2.75, 3.05) is 0 Å². The topological polar surface area (TPSA) is 40.1 Å². The summed E-state index contributed by atoms with van der Waals surface area (Å²) in [5.74, 6) is 0.771. The van der Waals surface area contributed by atoms with E-state index < -0.39 is 11.1 Å². The summed E-state index contributed by atoms with van der Waals surface area (Å²) in [7, 11) is 0. The van der Waals surface area contributed by atoms with Crippen molar-refractivity contribution in [1.29, 1.82) is 0 Å². The molecule has 0 bridgehead atoms. The van der Waals surface area contributed by atoms with Gasteiger partial charge in [0.25, 0.3) is 0 Å². The molecule has 0 N–H and O–H groups in total. The molecule has 0 radical (unpaired) electrons. The highest BCUT2D eigenvalue weighted by atomic mass is 32.2. The molecular formula is C8H9O2S2-. The van der Waals surface area contributed by atoms with Gasteiger partial charge in [-0.25, -0.2) is 0 Å². The van der Waals surface area contributed by atoms with Crippen LogP contribution < -0.4 is 0 Å². The van der Waals surface area contributed by atoms with E-state index in [1.165, 1.54) is 0 Å². The van der Waals surface area contributed by atoms with Crippen LogP contribution in [-0.4, -0.2) is 8.76 Å². The maximum atomic E-state index is 10.3. The van der Waals surface area contributed by atoms with Crippen molar-refractivity contribution in [3.63, 3.8) is 0 Å². The van der Waals surface area contributed by atoms with E-state index in [4.69, 9.17) is 0 Å². The fourth-order valence-corrected chi connectivity index (χ4v) is 1.55. The lowest BCUT2D eigenvalue weighted by molar-refractivity contribution is 0.536. The summed E-state index contributed by atoms with van der Waals surface area (Å²) in [6.45, 7) is 0. The van der Waals surface area contributed by atoms with E-state index >= 15 is 0 Å². The van der Waals surface area contributed by atoms with Gasteiger partial charge in [-0.2, -0.15) is 12.6 Å². The third kappa shape index (κ3) is 2.97. The number of hydrogen-bond acceptors (Lipinski definition) is 3. The van der Waals surface area contributed by atoms with Gasteiger partial charge >= 0.3 is 0 Å². The number of benzene rings is 1. The highest BCUT2D eigenvalue weighted by Gasteiger charge is 1.92. The Morgan fingerprint density at radius 3 is 2.17 bits per heavy atom. The van der Waals surface area contributed by atoms with Gasteiger partial charge in [-0.3, -0.25) is 4.21 Å². The Bertz CT molecular complexity index is 269. The molecule has 0 aliphatic rings. The van der Waals surface area contributed by atoms with Gasteiger partial charge in [0.2, 0.25) is 0 Å². The van der Waals surface area contributed by atoms with Gasteiger partial charge in [-0.15, -0.1) is 0 Å². The highest BCUT2D eigenvalue weighted by Crippen LogP contribution is 2.07. The third-order valence-electron chi connectivity index (χ3n) is 1.49. The molecule has 4 heteroatoms. The zero-order valence-corrected chi connectivity index (χ0v) is 8.11. The van der Waals surface area contributed by atoms with E-state index in [1.54, 1.807) is 12.1 Å². The van der Waals surface area contributed by atoms with Gasteiger partial charge < -0.3 is 4.55 Å². The summed E-state index contributed by atoms with van der Waals surface area (Å²) in [5.41, 5.74) is 1.91. The molecule has 1 aromatic carbocycles. The van der Waals surface area contributed by atoms with Crippen LogP contribution in [0.3, 0.4) is 0 Å². The van der Waals surface area contributed by atoms with Crippen LogP contribution in [-0.2, 0) is 22.6 Å². The lowest BCUT2D eigenvalue weighted by atomic mass is 10.2. The Balaban J connectivity index is 2.71. The lowest BCUT2D eigenvalue weighted by Gasteiger charge is -2.04. The minimum Gasteiger partial charge on any atom is -0.772 e. The maximum Gasteiger partial charge on any atom is 0.0353 e. The number of hydrogen-bond donors (Lipinski definition) is 1. The summed E-state index contributed by atoms with van der Waals surface area (Å²) in [6.07, 6.45) is 0. The van der Waals surface area contributed by atoms with Gasteiger partial charge in [-0.05, 0) is 11.1 Å². The fourth-order valence-electron chi connectivity index (χ4n) is 0.877. The van der Waals surface area contributed by atoms with E-state index in [9.17, 15) is 8.76 Å². The molecule has 0 spiro atoms. The molecule has 2 nitrogen and oxygen atoms in total. The van der Waals surface area contributed by atoms with Crippen molar-refractivity contribution >= 4 is 23.7 Å². The van der Waals surface area contributed by atoms with Gasteiger partial charge in [0.05, 0.1) is 0 Å². The highest BCUT2D eigenvalue weighted by molar-refractivity contribution is 7.79. The van der Waals surface area contributed by atoms with Crippen LogP contribution in [0.4, 0.5) is 0 Å². The zero-order valence-electron chi connectivity index (χ0n) is 6.40.